The number of benzene rings is 2. The van der Waals surface area contributed by atoms with Crippen molar-refractivity contribution in [1.29, 1.82) is 0 Å². The Morgan fingerprint density at radius 3 is 1.44 bits per heavy atom. The van der Waals surface area contributed by atoms with Gasteiger partial charge in [0.25, 0.3) is 0 Å². The van der Waals surface area contributed by atoms with Crippen LogP contribution in [0.1, 0.15) is 36.8 Å². The normalized spacial score (nSPS) is 30.2. The monoisotopic (exact) mass is 432 g/mol. The molecule has 6 rings (SSSR count). The summed E-state index contributed by atoms with van der Waals surface area (Å²) in [5.74, 6) is 1.80. The van der Waals surface area contributed by atoms with Gasteiger partial charge in [0.2, 0.25) is 0 Å². The number of hydrogen-bond acceptors (Lipinski definition) is 4. The maximum atomic E-state index is 3.66. The maximum Gasteiger partial charge on any atom is 0.0235 e. The first kappa shape index (κ1) is 22.1. The first-order chi connectivity index (χ1) is 15.8. The zero-order valence-corrected chi connectivity index (χ0v) is 19.5. The molecule has 172 valence electrons. The van der Waals surface area contributed by atoms with Crippen molar-refractivity contribution >= 4 is 0 Å². The van der Waals surface area contributed by atoms with Crippen LogP contribution in [-0.4, -0.2) is 61.2 Å². The third kappa shape index (κ3) is 5.79. The Bertz CT molecular complexity index is 713. The first-order valence-electron chi connectivity index (χ1n) is 12.8. The number of hydrogen-bond donors (Lipinski definition) is 2. The molecular weight excluding hydrogens is 392 g/mol. The van der Waals surface area contributed by atoms with E-state index >= 15 is 0 Å². The molecule has 0 unspecified atom stereocenters. The van der Waals surface area contributed by atoms with Crippen LogP contribution in [0, 0.1) is 11.8 Å². The largest absolute Gasteiger partial charge is 0.312 e. The minimum absolute atomic E-state index is 0.762. The second kappa shape index (κ2) is 10.9. The van der Waals surface area contributed by atoms with Gasteiger partial charge >= 0.3 is 0 Å². The van der Waals surface area contributed by atoms with E-state index in [0.29, 0.717) is 0 Å². The second-order valence-electron chi connectivity index (χ2n) is 10.3. The summed E-state index contributed by atoms with van der Waals surface area (Å²) in [7, 11) is 0. The molecule has 0 radical (unpaired) electrons. The number of piperidine rings is 2. The van der Waals surface area contributed by atoms with Crippen LogP contribution in [0.2, 0.25) is 0 Å². The molecule has 2 aromatic rings. The molecule has 4 fully saturated rings. The number of rotatable bonds is 4. The number of fused-ring (bicyclic) bond motifs is 2. The lowest BCUT2D eigenvalue weighted by Crippen LogP contribution is -2.40. The lowest BCUT2D eigenvalue weighted by Gasteiger charge is -2.24. The van der Waals surface area contributed by atoms with Crippen LogP contribution in [0.3, 0.4) is 0 Å². The van der Waals surface area contributed by atoms with E-state index in [0.717, 1.165) is 37.0 Å². The summed E-state index contributed by atoms with van der Waals surface area (Å²) in [6.07, 6.45) is 5.56. The standard InChI is InChI=1S/2C14H20N2/c2*1-2-5-12(6-3-1)9-16-10-13-7-4-8-15-14(13)11-16/h2*1-3,5-6,13-15H,4,7-11H2/t2*13-,14+/m00/s1. The number of likely N-dealkylation sites (tertiary alicyclic amines) is 2. The van der Waals surface area contributed by atoms with Crippen molar-refractivity contribution in [2.45, 2.75) is 50.9 Å². The molecule has 4 atom stereocenters. The highest BCUT2D eigenvalue weighted by atomic mass is 15.2. The van der Waals surface area contributed by atoms with E-state index in [-0.39, 0.29) is 0 Å². The molecule has 0 amide bonds. The van der Waals surface area contributed by atoms with E-state index < -0.39 is 0 Å². The van der Waals surface area contributed by atoms with Gasteiger partial charge in [-0.15, -0.1) is 0 Å². The fourth-order valence-corrected chi connectivity index (χ4v) is 6.21. The highest BCUT2D eigenvalue weighted by molar-refractivity contribution is 5.16. The lowest BCUT2D eigenvalue weighted by molar-refractivity contribution is 0.312. The van der Waals surface area contributed by atoms with Crippen LogP contribution in [0.4, 0.5) is 0 Å². The summed E-state index contributed by atoms with van der Waals surface area (Å²) in [5.41, 5.74) is 2.89. The topological polar surface area (TPSA) is 30.5 Å². The maximum absolute atomic E-state index is 3.66. The van der Waals surface area contributed by atoms with Crippen LogP contribution >= 0.6 is 0 Å². The van der Waals surface area contributed by atoms with Gasteiger partial charge < -0.3 is 10.6 Å². The van der Waals surface area contributed by atoms with Gasteiger partial charge in [0, 0.05) is 51.4 Å². The van der Waals surface area contributed by atoms with Gasteiger partial charge in [-0.1, -0.05) is 60.7 Å². The van der Waals surface area contributed by atoms with E-state index in [1.807, 2.05) is 0 Å². The van der Waals surface area contributed by atoms with E-state index in [1.54, 1.807) is 0 Å². The lowest BCUT2D eigenvalue weighted by atomic mass is 9.94. The Morgan fingerprint density at radius 2 is 1.03 bits per heavy atom. The van der Waals surface area contributed by atoms with E-state index in [2.05, 4.69) is 81.1 Å². The summed E-state index contributed by atoms with van der Waals surface area (Å²) in [6.45, 7) is 9.73. The van der Waals surface area contributed by atoms with Gasteiger partial charge in [-0.25, -0.2) is 0 Å². The smallest absolute Gasteiger partial charge is 0.0235 e. The molecule has 4 saturated heterocycles. The average Bonchev–Trinajstić information content (AvgIpc) is 3.43. The molecule has 4 aliphatic rings. The Morgan fingerprint density at radius 1 is 0.594 bits per heavy atom. The van der Waals surface area contributed by atoms with Crippen LogP contribution < -0.4 is 10.6 Å². The van der Waals surface area contributed by atoms with E-state index in [9.17, 15) is 0 Å². The van der Waals surface area contributed by atoms with Crippen molar-refractivity contribution < 1.29 is 0 Å². The highest BCUT2D eigenvalue weighted by Crippen LogP contribution is 2.27. The molecule has 4 heterocycles. The molecule has 2 N–H and O–H groups in total. The van der Waals surface area contributed by atoms with Crippen molar-refractivity contribution in [3.63, 3.8) is 0 Å². The Kier molecular flexibility index (Phi) is 7.55. The third-order valence-electron chi connectivity index (χ3n) is 7.85. The zero-order chi connectivity index (χ0) is 21.6. The second-order valence-corrected chi connectivity index (χ2v) is 10.3. The zero-order valence-electron chi connectivity index (χ0n) is 19.5. The Labute approximate surface area is 194 Å². The molecule has 4 heteroatoms. The minimum atomic E-state index is 0.762. The van der Waals surface area contributed by atoms with E-state index in [1.165, 1.54) is 76.1 Å². The predicted octanol–water partition coefficient (Wildman–Crippen LogP) is 3.74. The fourth-order valence-electron chi connectivity index (χ4n) is 6.21. The SMILES string of the molecule is c1ccc(CN2C[C@@H]3CCCN[C@@H]3C2)cc1.c1ccc(CN2C[C@@H]3CCCN[C@@H]3C2)cc1. The van der Waals surface area contributed by atoms with Gasteiger partial charge in [0.1, 0.15) is 0 Å². The highest BCUT2D eigenvalue weighted by Gasteiger charge is 2.34. The van der Waals surface area contributed by atoms with Gasteiger partial charge in [-0.3, -0.25) is 9.80 Å². The summed E-state index contributed by atoms with van der Waals surface area (Å²) in [6, 6.07) is 23.2. The molecule has 4 aliphatic heterocycles. The molecule has 0 aliphatic carbocycles. The van der Waals surface area contributed by atoms with E-state index in [4.69, 9.17) is 0 Å². The van der Waals surface area contributed by atoms with Crippen molar-refractivity contribution in [3.05, 3.63) is 71.8 Å². The molecular formula is C28H40N4. The molecule has 4 nitrogen and oxygen atoms in total. The molecule has 0 bridgehead atoms. The summed E-state index contributed by atoms with van der Waals surface area (Å²) >= 11 is 0. The van der Waals surface area contributed by atoms with Crippen LogP contribution in [-0.2, 0) is 13.1 Å². The number of nitrogens with one attached hydrogen (secondary N) is 2. The van der Waals surface area contributed by atoms with Crippen LogP contribution in [0.5, 0.6) is 0 Å². The molecule has 2 aromatic carbocycles. The van der Waals surface area contributed by atoms with Gasteiger partial charge in [-0.05, 0) is 61.7 Å². The average molecular weight is 433 g/mol. The van der Waals surface area contributed by atoms with Crippen molar-refractivity contribution in [1.82, 2.24) is 20.4 Å². The summed E-state index contributed by atoms with van der Waals surface area (Å²) in [5, 5.41) is 7.31. The van der Waals surface area contributed by atoms with Gasteiger partial charge in [0.15, 0.2) is 0 Å². The fraction of sp³-hybridized carbons (Fsp3) is 0.571. The summed E-state index contributed by atoms with van der Waals surface area (Å²) < 4.78 is 0. The van der Waals surface area contributed by atoms with Gasteiger partial charge in [0.05, 0.1) is 0 Å². The summed E-state index contributed by atoms with van der Waals surface area (Å²) in [4.78, 5) is 5.20. The first-order valence-corrected chi connectivity index (χ1v) is 12.8. The third-order valence-corrected chi connectivity index (χ3v) is 7.85. The molecule has 0 saturated carbocycles. The quantitative estimate of drug-likeness (QED) is 0.771. The van der Waals surface area contributed by atoms with Crippen LogP contribution in [0.15, 0.2) is 60.7 Å². The Balaban J connectivity index is 0.000000135. The molecule has 0 spiro atoms. The minimum Gasteiger partial charge on any atom is -0.312 e. The van der Waals surface area contributed by atoms with Gasteiger partial charge in [-0.2, -0.15) is 0 Å². The number of nitrogens with zero attached hydrogens (tertiary/aromatic N) is 2. The van der Waals surface area contributed by atoms with Crippen molar-refractivity contribution in [2.24, 2.45) is 11.8 Å². The molecule has 32 heavy (non-hydrogen) atoms. The molecule has 0 aromatic heterocycles. The van der Waals surface area contributed by atoms with Crippen molar-refractivity contribution in [3.8, 4) is 0 Å². The van der Waals surface area contributed by atoms with Crippen LogP contribution in [0.25, 0.3) is 0 Å². The predicted molar refractivity (Wildman–Crippen MR) is 132 cm³/mol. The van der Waals surface area contributed by atoms with Crippen molar-refractivity contribution in [2.75, 3.05) is 39.3 Å². The Hall–Kier alpha value is -1.72.